The Morgan fingerprint density at radius 3 is 3.05 bits per heavy atom. The van der Waals surface area contributed by atoms with Crippen LogP contribution in [0.3, 0.4) is 0 Å². The van der Waals surface area contributed by atoms with Crippen molar-refractivity contribution in [3.63, 3.8) is 0 Å². The molecule has 1 fully saturated rings. The summed E-state index contributed by atoms with van der Waals surface area (Å²) >= 11 is 4.99. The van der Waals surface area contributed by atoms with Crippen LogP contribution in [0.15, 0.2) is 20.4 Å². The molecular formula is C12H14BrN3O2S. The molecule has 0 aromatic carbocycles. The van der Waals surface area contributed by atoms with Gasteiger partial charge in [0.25, 0.3) is 5.89 Å². The second kappa shape index (κ2) is 5.70. The summed E-state index contributed by atoms with van der Waals surface area (Å²) in [5, 5.41) is 5.89. The molecule has 102 valence electrons. The zero-order chi connectivity index (χ0) is 13.2. The average Bonchev–Trinajstić information content (AvgIpc) is 2.94. The van der Waals surface area contributed by atoms with Gasteiger partial charge in [0.05, 0.1) is 18.8 Å². The molecule has 1 aliphatic rings. The SMILES string of the molecule is NC(COC1CCC1)c1noc(-c2sccc2Br)n1. The van der Waals surface area contributed by atoms with Gasteiger partial charge >= 0.3 is 0 Å². The van der Waals surface area contributed by atoms with Crippen LogP contribution in [0.4, 0.5) is 0 Å². The number of nitrogens with two attached hydrogens (primary N) is 1. The maximum Gasteiger partial charge on any atom is 0.269 e. The van der Waals surface area contributed by atoms with E-state index in [4.69, 9.17) is 15.0 Å². The maximum absolute atomic E-state index is 6.01. The van der Waals surface area contributed by atoms with Gasteiger partial charge < -0.3 is 15.0 Å². The third-order valence-corrected chi connectivity index (χ3v) is 4.97. The van der Waals surface area contributed by atoms with E-state index in [-0.39, 0.29) is 6.04 Å². The topological polar surface area (TPSA) is 74.2 Å². The number of ether oxygens (including phenoxy) is 1. The van der Waals surface area contributed by atoms with Crippen molar-refractivity contribution in [3.8, 4) is 10.8 Å². The summed E-state index contributed by atoms with van der Waals surface area (Å²) in [4.78, 5) is 5.25. The summed E-state index contributed by atoms with van der Waals surface area (Å²) in [6.07, 6.45) is 3.88. The highest BCUT2D eigenvalue weighted by atomic mass is 79.9. The van der Waals surface area contributed by atoms with Crippen molar-refractivity contribution in [1.82, 2.24) is 10.1 Å². The Morgan fingerprint density at radius 2 is 2.42 bits per heavy atom. The standard InChI is InChI=1S/C12H14BrN3O2S/c13-8-4-5-19-10(8)12-15-11(16-18-12)9(14)6-17-7-2-1-3-7/h4-5,7,9H,1-3,6,14H2. The van der Waals surface area contributed by atoms with Crippen molar-refractivity contribution >= 4 is 27.3 Å². The number of hydrogen-bond donors (Lipinski definition) is 1. The zero-order valence-electron chi connectivity index (χ0n) is 10.2. The molecule has 3 rings (SSSR count). The van der Waals surface area contributed by atoms with E-state index >= 15 is 0 Å². The van der Waals surface area contributed by atoms with Crippen LogP contribution in [0, 0.1) is 0 Å². The fourth-order valence-corrected chi connectivity index (χ4v) is 3.24. The lowest BCUT2D eigenvalue weighted by molar-refractivity contribution is -0.00549. The molecule has 0 spiro atoms. The smallest absolute Gasteiger partial charge is 0.269 e. The third kappa shape index (κ3) is 2.89. The van der Waals surface area contributed by atoms with Crippen LogP contribution in [0.2, 0.25) is 0 Å². The molecule has 19 heavy (non-hydrogen) atoms. The molecule has 0 saturated heterocycles. The third-order valence-electron chi connectivity index (χ3n) is 3.15. The van der Waals surface area contributed by atoms with E-state index in [0.717, 1.165) is 22.2 Å². The monoisotopic (exact) mass is 343 g/mol. The molecule has 0 bridgehead atoms. The first-order valence-electron chi connectivity index (χ1n) is 6.18. The molecule has 2 aromatic heterocycles. The van der Waals surface area contributed by atoms with E-state index in [1.54, 1.807) is 11.3 Å². The average molecular weight is 344 g/mol. The van der Waals surface area contributed by atoms with Crippen molar-refractivity contribution < 1.29 is 9.26 Å². The molecule has 5 nitrogen and oxygen atoms in total. The summed E-state index contributed by atoms with van der Waals surface area (Å²) in [6.45, 7) is 0.440. The van der Waals surface area contributed by atoms with E-state index in [0.29, 0.717) is 24.4 Å². The van der Waals surface area contributed by atoms with Gasteiger partial charge in [-0.25, -0.2) is 0 Å². The second-order valence-electron chi connectivity index (χ2n) is 4.55. The summed E-state index contributed by atoms with van der Waals surface area (Å²) < 4.78 is 11.9. The van der Waals surface area contributed by atoms with Crippen molar-refractivity contribution in [2.24, 2.45) is 5.73 Å². The number of nitrogens with zero attached hydrogens (tertiary/aromatic N) is 2. The van der Waals surface area contributed by atoms with Gasteiger partial charge in [-0.05, 0) is 46.6 Å². The van der Waals surface area contributed by atoms with Crippen molar-refractivity contribution in [2.75, 3.05) is 6.61 Å². The fourth-order valence-electron chi connectivity index (χ4n) is 1.78. The van der Waals surface area contributed by atoms with Gasteiger partial charge in [0.2, 0.25) is 0 Å². The quantitative estimate of drug-likeness (QED) is 0.902. The highest BCUT2D eigenvalue weighted by Gasteiger charge is 2.22. The summed E-state index contributed by atoms with van der Waals surface area (Å²) in [7, 11) is 0. The maximum atomic E-state index is 6.01. The Labute approximate surface area is 123 Å². The number of aromatic nitrogens is 2. The molecule has 1 aliphatic carbocycles. The largest absolute Gasteiger partial charge is 0.376 e. The van der Waals surface area contributed by atoms with Crippen LogP contribution < -0.4 is 5.73 Å². The van der Waals surface area contributed by atoms with Gasteiger partial charge in [0.1, 0.15) is 4.88 Å². The summed E-state index contributed by atoms with van der Waals surface area (Å²) in [6, 6.07) is 1.61. The van der Waals surface area contributed by atoms with Crippen LogP contribution in [0.5, 0.6) is 0 Å². The van der Waals surface area contributed by atoms with E-state index in [2.05, 4.69) is 26.1 Å². The zero-order valence-corrected chi connectivity index (χ0v) is 12.6. The predicted octanol–water partition coefficient (Wildman–Crippen LogP) is 3.13. The Kier molecular flexibility index (Phi) is 3.97. The lowest BCUT2D eigenvalue weighted by atomic mass is 9.96. The lowest BCUT2D eigenvalue weighted by Gasteiger charge is -2.26. The van der Waals surface area contributed by atoms with Crippen LogP contribution in [-0.2, 0) is 4.74 Å². The number of halogens is 1. The Balaban J connectivity index is 1.65. The first kappa shape index (κ1) is 13.2. The Bertz CT molecular complexity index is 553. The molecule has 1 unspecified atom stereocenters. The second-order valence-corrected chi connectivity index (χ2v) is 6.32. The van der Waals surface area contributed by atoms with Crippen LogP contribution in [0.1, 0.15) is 31.1 Å². The minimum absolute atomic E-state index is 0.336. The van der Waals surface area contributed by atoms with Crippen LogP contribution in [0.25, 0.3) is 10.8 Å². The molecule has 0 amide bonds. The number of rotatable bonds is 5. The highest BCUT2D eigenvalue weighted by Crippen LogP contribution is 2.32. The predicted molar refractivity (Wildman–Crippen MR) is 75.8 cm³/mol. The number of thiophene rings is 1. The molecule has 2 heterocycles. The van der Waals surface area contributed by atoms with Crippen molar-refractivity contribution in [3.05, 3.63) is 21.7 Å². The van der Waals surface area contributed by atoms with Crippen LogP contribution in [-0.4, -0.2) is 22.9 Å². The molecule has 7 heteroatoms. The molecule has 1 atom stereocenters. The minimum atomic E-state index is -0.336. The Hall–Kier alpha value is -0.760. The fraction of sp³-hybridized carbons (Fsp3) is 0.500. The first-order valence-corrected chi connectivity index (χ1v) is 7.85. The van der Waals surface area contributed by atoms with Gasteiger partial charge in [0.15, 0.2) is 5.82 Å². The van der Waals surface area contributed by atoms with Crippen molar-refractivity contribution in [2.45, 2.75) is 31.4 Å². The van der Waals surface area contributed by atoms with E-state index in [1.165, 1.54) is 6.42 Å². The first-order chi connectivity index (χ1) is 9.24. The van der Waals surface area contributed by atoms with Gasteiger partial charge in [0, 0.05) is 4.47 Å². The normalized spacial score (nSPS) is 17.4. The minimum Gasteiger partial charge on any atom is -0.376 e. The molecular weight excluding hydrogens is 330 g/mol. The van der Waals surface area contributed by atoms with E-state index in [9.17, 15) is 0 Å². The summed E-state index contributed by atoms with van der Waals surface area (Å²) in [5.41, 5.74) is 6.01. The number of hydrogen-bond acceptors (Lipinski definition) is 6. The highest BCUT2D eigenvalue weighted by molar-refractivity contribution is 9.10. The van der Waals surface area contributed by atoms with Gasteiger partial charge in [-0.3, -0.25) is 0 Å². The van der Waals surface area contributed by atoms with Crippen LogP contribution >= 0.6 is 27.3 Å². The molecule has 2 aromatic rings. The molecule has 1 saturated carbocycles. The summed E-state index contributed by atoms with van der Waals surface area (Å²) in [5.74, 6) is 0.991. The van der Waals surface area contributed by atoms with Gasteiger partial charge in [-0.2, -0.15) is 4.98 Å². The van der Waals surface area contributed by atoms with Gasteiger partial charge in [-0.1, -0.05) is 5.16 Å². The lowest BCUT2D eigenvalue weighted by Crippen LogP contribution is -2.27. The van der Waals surface area contributed by atoms with E-state index < -0.39 is 0 Å². The molecule has 0 aliphatic heterocycles. The Morgan fingerprint density at radius 1 is 1.58 bits per heavy atom. The molecule has 0 radical (unpaired) electrons. The molecule has 2 N–H and O–H groups in total. The van der Waals surface area contributed by atoms with Gasteiger partial charge in [-0.15, -0.1) is 11.3 Å². The van der Waals surface area contributed by atoms with Crippen molar-refractivity contribution in [1.29, 1.82) is 0 Å². The van der Waals surface area contributed by atoms with E-state index in [1.807, 2.05) is 11.4 Å².